The summed E-state index contributed by atoms with van der Waals surface area (Å²) in [6.07, 6.45) is 1.13. The molecule has 3 aliphatic rings. The molecule has 1 saturated carbocycles. The zero-order valence-corrected chi connectivity index (χ0v) is 25.3. The average molecular weight is 637 g/mol. The Labute approximate surface area is 263 Å². The van der Waals surface area contributed by atoms with Gasteiger partial charge in [-0.2, -0.15) is 0 Å². The fourth-order valence-corrected chi connectivity index (χ4v) is 6.69. The summed E-state index contributed by atoms with van der Waals surface area (Å²) in [5.41, 5.74) is 4.44. The highest BCUT2D eigenvalue weighted by Crippen LogP contribution is 2.70. The van der Waals surface area contributed by atoms with Gasteiger partial charge in [-0.25, -0.2) is 8.78 Å². The molecule has 0 spiro atoms. The Morgan fingerprint density at radius 2 is 1.38 bits per heavy atom. The monoisotopic (exact) mass is 635 g/mol. The Bertz CT molecular complexity index is 1460. The topological polar surface area (TPSA) is 48.8 Å². The van der Waals surface area contributed by atoms with Crippen LogP contribution in [-0.2, 0) is 0 Å². The molecule has 5 nitrogen and oxygen atoms in total. The van der Waals surface area contributed by atoms with Crippen molar-refractivity contribution in [3.05, 3.63) is 107 Å². The van der Waals surface area contributed by atoms with Gasteiger partial charge in [0.05, 0.1) is 23.4 Å². The number of rotatable bonds is 6. The number of aliphatic hydroxyl groups excluding tert-OH is 1. The molecule has 0 radical (unpaired) electrons. The first-order valence-corrected chi connectivity index (χ1v) is 13.7. The van der Waals surface area contributed by atoms with Crippen LogP contribution in [-0.4, -0.2) is 71.2 Å². The summed E-state index contributed by atoms with van der Waals surface area (Å²) >= 11 is 0. The molecule has 4 atom stereocenters. The van der Waals surface area contributed by atoms with E-state index in [2.05, 4.69) is 14.8 Å². The third-order valence-corrected chi connectivity index (χ3v) is 8.58. The Hall–Kier alpha value is -2.52. The first kappa shape index (κ1) is 32.4. The number of hydrogen-bond acceptors (Lipinski definition) is 5. The number of β-amino-alcohol motifs (C(OH)–C–C–N with tert-alkyl or cyclic N) is 1. The van der Waals surface area contributed by atoms with E-state index >= 15 is 0 Å². The SMILES string of the molecule is Cl.Cl.Cl.OC(COc1cccc2ncccc12)CN1CCN(C2c3ccccc3[C@@H]3[C@H](c4ccccc42)C3(F)F)CC1. The van der Waals surface area contributed by atoms with Crippen molar-refractivity contribution < 1.29 is 18.6 Å². The molecule has 7 rings (SSSR count). The van der Waals surface area contributed by atoms with E-state index < -0.39 is 23.9 Å². The molecule has 1 saturated heterocycles. The first-order valence-electron chi connectivity index (χ1n) is 13.7. The van der Waals surface area contributed by atoms with E-state index in [4.69, 9.17) is 4.74 Å². The number of fused-ring (bicyclic) bond motifs is 6. The Morgan fingerprint density at radius 1 is 0.786 bits per heavy atom. The van der Waals surface area contributed by atoms with Gasteiger partial charge in [0.25, 0.3) is 5.92 Å². The summed E-state index contributed by atoms with van der Waals surface area (Å²) in [7, 11) is 0. The molecule has 1 aromatic heterocycles. The number of pyridine rings is 1. The summed E-state index contributed by atoms with van der Waals surface area (Å²) < 4.78 is 35.9. The molecule has 2 heterocycles. The van der Waals surface area contributed by atoms with E-state index in [1.54, 1.807) is 6.20 Å². The molecule has 0 amide bonds. The number of ether oxygens (including phenoxy) is 1. The summed E-state index contributed by atoms with van der Waals surface area (Å²) in [5.74, 6) is -3.46. The van der Waals surface area contributed by atoms with Crippen LogP contribution in [0.5, 0.6) is 5.75 Å². The van der Waals surface area contributed by atoms with Gasteiger partial charge < -0.3 is 9.84 Å². The third-order valence-electron chi connectivity index (χ3n) is 8.58. The van der Waals surface area contributed by atoms with E-state index in [1.807, 2.05) is 78.9 Å². The molecular formula is C32H34Cl3F2N3O2. The van der Waals surface area contributed by atoms with Crippen LogP contribution in [0.4, 0.5) is 8.78 Å². The Kier molecular flexibility index (Phi) is 10.0. The average Bonchev–Trinajstić information content (AvgIpc) is 3.58. The summed E-state index contributed by atoms with van der Waals surface area (Å²) in [6, 6.07) is 25.1. The van der Waals surface area contributed by atoms with Gasteiger partial charge in [0.2, 0.25) is 0 Å². The number of halogens is 5. The predicted octanol–water partition coefficient (Wildman–Crippen LogP) is 6.48. The van der Waals surface area contributed by atoms with Gasteiger partial charge in [-0.15, -0.1) is 37.2 Å². The zero-order chi connectivity index (χ0) is 26.6. The van der Waals surface area contributed by atoms with Crippen LogP contribution in [0.25, 0.3) is 10.9 Å². The molecule has 42 heavy (non-hydrogen) atoms. The summed E-state index contributed by atoms with van der Waals surface area (Å²) in [6.45, 7) is 3.89. The highest BCUT2D eigenvalue weighted by molar-refractivity contribution is 5.86. The van der Waals surface area contributed by atoms with Crippen molar-refractivity contribution in [2.24, 2.45) is 0 Å². The highest BCUT2D eigenvalue weighted by atomic mass is 35.5. The van der Waals surface area contributed by atoms with Crippen LogP contribution in [0.3, 0.4) is 0 Å². The van der Waals surface area contributed by atoms with Crippen LogP contribution in [0, 0.1) is 0 Å². The molecule has 4 aromatic rings. The van der Waals surface area contributed by atoms with Crippen molar-refractivity contribution in [2.75, 3.05) is 39.3 Å². The number of aromatic nitrogens is 1. The number of nitrogens with zero attached hydrogens (tertiary/aromatic N) is 3. The smallest absolute Gasteiger partial charge is 0.263 e. The second-order valence-electron chi connectivity index (χ2n) is 10.9. The van der Waals surface area contributed by atoms with Gasteiger partial charge in [0, 0.05) is 44.3 Å². The van der Waals surface area contributed by atoms with Crippen molar-refractivity contribution in [2.45, 2.75) is 29.9 Å². The number of alkyl halides is 2. The molecule has 224 valence electrons. The van der Waals surface area contributed by atoms with Gasteiger partial charge in [0.15, 0.2) is 0 Å². The number of benzene rings is 3. The van der Waals surface area contributed by atoms with E-state index in [9.17, 15) is 13.9 Å². The second kappa shape index (κ2) is 13.0. The maximum absolute atomic E-state index is 15.0. The molecular weight excluding hydrogens is 603 g/mol. The van der Waals surface area contributed by atoms with Gasteiger partial charge in [-0.3, -0.25) is 14.8 Å². The second-order valence-corrected chi connectivity index (χ2v) is 10.9. The minimum Gasteiger partial charge on any atom is -0.490 e. The number of aliphatic hydroxyl groups is 1. The lowest BCUT2D eigenvalue weighted by Crippen LogP contribution is -2.50. The lowest BCUT2D eigenvalue weighted by Gasteiger charge is -2.41. The van der Waals surface area contributed by atoms with Crippen LogP contribution in [0.2, 0.25) is 0 Å². The van der Waals surface area contributed by atoms with Crippen LogP contribution >= 0.6 is 37.2 Å². The molecule has 2 unspecified atom stereocenters. The Balaban J connectivity index is 0.00000135. The molecule has 1 aliphatic heterocycles. The maximum Gasteiger partial charge on any atom is 0.263 e. The zero-order valence-electron chi connectivity index (χ0n) is 22.8. The molecule has 3 aromatic carbocycles. The first-order chi connectivity index (χ1) is 19.0. The summed E-state index contributed by atoms with van der Waals surface area (Å²) in [5, 5.41) is 11.7. The minimum absolute atomic E-state index is 0. The van der Waals surface area contributed by atoms with Crippen molar-refractivity contribution >= 4 is 48.1 Å². The van der Waals surface area contributed by atoms with Crippen LogP contribution in [0.15, 0.2) is 85.1 Å². The van der Waals surface area contributed by atoms with Gasteiger partial charge >= 0.3 is 0 Å². The quantitative estimate of drug-likeness (QED) is 0.263. The van der Waals surface area contributed by atoms with E-state index in [0.717, 1.165) is 65.1 Å². The minimum atomic E-state index is -2.70. The summed E-state index contributed by atoms with van der Waals surface area (Å²) in [4.78, 5) is 9.04. The van der Waals surface area contributed by atoms with Gasteiger partial charge in [0.1, 0.15) is 18.5 Å². The molecule has 0 bridgehead atoms. The standard InChI is InChI=1S/C32H31F2N3O2.3ClH/c33-32(34)29-22-7-1-3-9-24(22)31(25-10-4-2-8-23(25)30(29)32)37-17-15-36(16-18-37)19-21(38)20-39-28-13-5-12-27-26(28)11-6-14-35-27;;;/h1-14,21,29-31,38H,15-20H2;3*1H/t21?,29-,30+,31?;;;. The third kappa shape index (κ3) is 5.71. The Morgan fingerprint density at radius 3 is 2.00 bits per heavy atom. The van der Waals surface area contributed by atoms with Crippen molar-refractivity contribution in [1.29, 1.82) is 0 Å². The van der Waals surface area contributed by atoms with E-state index in [1.165, 1.54) is 0 Å². The van der Waals surface area contributed by atoms with Crippen LogP contribution in [0.1, 0.15) is 40.1 Å². The number of hydrogen-bond donors (Lipinski definition) is 1. The van der Waals surface area contributed by atoms with E-state index in [-0.39, 0.29) is 49.9 Å². The lowest BCUT2D eigenvalue weighted by molar-refractivity contribution is 0.0400. The normalized spacial score (nSPS) is 23.0. The largest absolute Gasteiger partial charge is 0.490 e. The van der Waals surface area contributed by atoms with Crippen LogP contribution < -0.4 is 4.74 Å². The van der Waals surface area contributed by atoms with Crippen molar-refractivity contribution in [3.63, 3.8) is 0 Å². The fraction of sp³-hybridized carbons (Fsp3) is 0.344. The fourth-order valence-electron chi connectivity index (χ4n) is 6.69. The van der Waals surface area contributed by atoms with Crippen molar-refractivity contribution in [1.82, 2.24) is 14.8 Å². The van der Waals surface area contributed by atoms with Gasteiger partial charge in [-0.1, -0.05) is 54.6 Å². The van der Waals surface area contributed by atoms with Gasteiger partial charge in [-0.05, 0) is 46.5 Å². The van der Waals surface area contributed by atoms with E-state index in [0.29, 0.717) is 6.54 Å². The highest BCUT2D eigenvalue weighted by Gasteiger charge is 2.71. The predicted molar refractivity (Wildman–Crippen MR) is 168 cm³/mol. The lowest BCUT2D eigenvalue weighted by atomic mass is 9.90. The number of piperazine rings is 1. The molecule has 2 aliphatic carbocycles. The maximum atomic E-state index is 15.0. The molecule has 10 heteroatoms. The molecule has 2 fully saturated rings. The van der Waals surface area contributed by atoms with Crippen molar-refractivity contribution in [3.8, 4) is 5.75 Å². The molecule has 1 N–H and O–H groups in total.